The molecule has 0 radical (unpaired) electrons. The highest BCUT2D eigenvalue weighted by atomic mass is 16.1. The van der Waals surface area contributed by atoms with Crippen molar-refractivity contribution in [2.24, 2.45) is 5.73 Å². The minimum Gasteiger partial charge on any atom is -0.356 e. The van der Waals surface area contributed by atoms with Crippen molar-refractivity contribution in [3.05, 3.63) is 35.4 Å². The molecule has 0 aliphatic carbocycles. The molecular formula is C14H20N2O. The lowest BCUT2D eigenvalue weighted by atomic mass is 9.73. The number of hydrogen-bond donors (Lipinski definition) is 2. The highest BCUT2D eigenvalue weighted by molar-refractivity contribution is 5.78. The van der Waals surface area contributed by atoms with Gasteiger partial charge >= 0.3 is 0 Å². The predicted octanol–water partition coefficient (Wildman–Crippen LogP) is 1.49. The third kappa shape index (κ3) is 2.34. The van der Waals surface area contributed by atoms with Crippen LogP contribution in [0.15, 0.2) is 24.3 Å². The van der Waals surface area contributed by atoms with Crippen LogP contribution in [-0.2, 0) is 10.2 Å². The summed E-state index contributed by atoms with van der Waals surface area (Å²) in [6.45, 7) is 3.40. The Balaban J connectivity index is 2.42. The van der Waals surface area contributed by atoms with Gasteiger partial charge in [-0.25, -0.2) is 0 Å². The number of amides is 1. The topological polar surface area (TPSA) is 55.1 Å². The Morgan fingerprint density at radius 2 is 2.18 bits per heavy atom. The lowest BCUT2D eigenvalue weighted by Gasteiger charge is -2.32. The molecule has 1 fully saturated rings. The smallest absolute Gasteiger partial charge is 0.220 e. The van der Waals surface area contributed by atoms with Crippen molar-refractivity contribution >= 4 is 5.91 Å². The molecule has 0 bridgehead atoms. The quantitative estimate of drug-likeness (QED) is 0.811. The number of hydrogen-bond acceptors (Lipinski definition) is 2. The molecule has 1 aliphatic heterocycles. The van der Waals surface area contributed by atoms with Gasteiger partial charge in [0.15, 0.2) is 0 Å². The standard InChI is InChI=1S/C14H20N2O/c1-11-5-2-3-6-12(11)14(10-15)7-4-8-16-13(17)9-14/h2-3,5-6H,4,7-10,15H2,1H3,(H,16,17). The normalized spacial score (nSPS) is 25.2. The van der Waals surface area contributed by atoms with E-state index in [1.807, 2.05) is 12.1 Å². The molecule has 1 saturated heterocycles. The Labute approximate surface area is 102 Å². The average Bonchev–Trinajstić information content (AvgIpc) is 2.52. The number of carbonyl (C=O) groups excluding carboxylic acids is 1. The van der Waals surface area contributed by atoms with Crippen molar-refractivity contribution in [2.45, 2.75) is 31.6 Å². The summed E-state index contributed by atoms with van der Waals surface area (Å²) in [5.74, 6) is 0.121. The van der Waals surface area contributed by atoms with E-state index in [0.717, 1.165) is 19.4 Å². The van der Waals surface area contributed by atoms with E-state index in [1.165, 1.54) is 11.1 Å². The molecule has 3 nitrogen and oxygen atoms in total. The van der Waals surface area contributed by atoms with E-state index in [9.17, 15) is 4.79 Å². The van der Waals surface area contributed by atoms with Gasteiger partial charge in [-0.05, 0) is 30.9 Å². The van der Waals surface area contributed by atoms with Gasteiger partial charge in [-0.3, -0.25) is 4.79 Å². The molecule has 1 atom stereocenters. The zero-order chi connectivity index (χ0) is 12.3. The van der Waals surface area contributed by atoms with Gasteiger partial charge in [0.2, 0.25) is 5.91 Å². The fourth-order valence-corrected chi connectivity index (χ4v) is 2.79. The Morgan fingerprint density at radius 3 is 2.88 bits per heavy atom. The molecule has 1 unspecified atom stereocenters. The maximum atomic E-state index is 11.8. The van der Waals surface area contributed by atoms with Gasteiger partial charge < -0.3 is 11.1 Å². The third-order valence-electron chi connectivity index (χ3n) is 3.76. The number of aryl methyl sites for hydroxylation is 1. The highest BCUT2D eigenvalue weighted by Crippen LogP contribution is 2.35. The lowest BCUT2D eigenvalue weighted by molar-refractivity contribution is -0.121. The van der Waals surface area contributed by atoms with E-state index in [-0.39, 0.29) is 11.3 Å². The van der Waals surface area contributed by atoms with Crippen LogP contribution in [0.5, 0.6) is 0 Å². The van der Waals surface area contributed by atoms with Crippen LogP contribution in [0.4, 0.5) is 0 Å². The Hall–Kier alpha value is -1.35. The zero-order valence-electron chi connectivity index (χ0n) is 10.3. The molecule has 1 aromatic carbocycles. The molecule has 92 valence electrons. The summed E-state index contributed by atoms with van der Waals surface area (Å²) >= 11 is 0. The van der Waals surface area contributed by atoms with Crippen LogP contribution in [0.1, 0.15) is 30.4 Å². The van der Waals surface area contributed by atoms with Crippen LogP contribution in [-0.4, -0.2) is 19.0 Å². The van der Waals surface area contributed by atoms with Gasteiger partial charge in [0.25, 0.3) is 0 Å². The number of carbonyl (C=O) groups is 1. The zero-order valence-corrected chi connectivity index (χ0v) is 10.3. The summed E-state index contributed by atoms with van der Waals surface area (Å²) in [6.07, 6.45) is 2.48. The molecule has 17 heavy (non-hydrogen) atoms. The van der Waals surface area contributed by atoms with Crippen LogP contribution in [0, 0.1) is 6.92 Å². The van der Waals surface area contributed by atoms with Crippen LogP contribution >= 0.6 is 0 Å². The van der Waals surface area contributed by atoms with Crippen LogP contribution in [0.3, 0.4) is 0 Å². The van der Waals surface area contributed by atoms with Gasteiger partial charge in [0.1, 0.15) is 0 Å². The van der Waals surface area contributed by atoms with Gasteiger partial charge in [-0.15, -0.1) is 0 Å². The fraction of sp³-hybridized carbons (Fsp3) is 0.500. The molecule has 3 heteroatoms. The van der Waals surface area contributed by atoms with Crippen LogP contribution in [0.2, 0.25) is 0 Å². The van der Waals surface area contributed by atoms with Gasteiger partial charge in [-0.1, -0.05) is 24.3 Å². The molecule has 1 heterocycles. The Kier molecular flexibility index (Phi) is 3.48. The summed E-state index contributed by atoms with van der Waals surface area (Å²) < 4.78 is 0. The molecule has 1 aliphatic rings. The molecule has 0 saturated carbocycles. The number of rotatable bonds is 2. The number of benzene rings is 1. The second-order valence-corrected chi connectivity index (χ2v) is 4.93. The first-order valence-corrected chi connectivity index (χ1v) is 6.21. The van der Waals surface area contributed by atoms with Crippen molar-refractivity contribution in [3.63, 3.8) is 0 Å². The minimum absolute atomic E-state index is 0.121. The monoisotopic (exact) mass is 232 g/mol. The average molecular weight is 232 g/mol. The molecule has 2 rings (SSSR count). The van der Waals surface area contributed by atoms with Gasteiger partial charge in [0, 0.05) is 24.9 Å². The molecule has 0 spiro atoms. The summed E-state index contributed by atoms with van der Waals surface area (Å²) in [5.41, 5.74) is 8.28. The van der Waals surface area contributed by atoms with E-state index in [0.29, 0.717) is 13.0 Å². The van der Waals surface area contributed by atoms with Crippen molar-refractivity contribution < 1.29 is 4.79 Å². The van der Waals surface area contributed by atoms with Gasteiger partial charge in [-0.2, -0.15) is 0 Å². The van der Waals surface area contributed by atoms with Crippen molar-refractivity contribution in [3.8, 4) is 0 Å². The molecular weight excluding hydrogens is 212 g/mol. The van der Waals surface area contributed by atoms with Gasteiger partial charge in [0.05, 0.1) is 0 Å². The number of nitrogens with two attached hydrogens (primary N) is 1. The maximum Gasteiger partial charge on any atom is 0.220 e. The summed E-state index contributed by atoms with van der Waals surface area (Å²) in [5, 5.41) is 2.93. The molecule has 0 aromatic heterocycles. The van der Waals surface area contributed by atoms with E-state index < -0.39 is 0 Å². The van der Waals surface area contributed by atoms with E-state index in [4.69, 9.17) is 5.73 Å². The van der Waals surface area contributed by atoms with Crippen LogP contribution in [0.25, 0.3) is 0 Å². The maximum absolute atomic E-state index is 11.8. The highest BCUT2D eigenvalue weighted by Gasteiger charge is 2.35. The van der Waals surface area contributed by atoms with E-state index in [1.54, 1.807) is 0 Å². The summed E-state index contributed by atoms with van der Waals surface area (Å²) in [4.78, 5) is 11.8. The SMILES string of the molecule is Cc1ccccc1C1(CN)CCCNC(=O)C1. The Bertz CT molecular complexity index is 416. The first-order chi connectivity index (χ1) is 8.18. The van der Waals surface area contributed by atoms with Crippen molar-refractivity contribution in [1.82, 2.24) is 5.32 Å². The molecule has 1 amide bonds. The fourth-order valence-electron chi connectivity index (χ4n) is 2.79. The predicted molar refractivity (Wildman–Crippen MR) is 68.8 cm³/mol. The lowest BCUT2D eigenvalue weighted by Crippen LogP contribution is -2.38. The largest absolute Gasteiger partial charge is 0.356 e. The Morgan fingerprint density at radius 1 is 1.41 bits per heavy atom. The van der Waals surface area contributed by atoms with Crippen molar-refractivity contribution in [2.75, 3.05) is 13.1 Å². The summed E-state index contributed by atoms with van der Waals surface area (Å²) in [6, 6.07) is 8.26. The second-order valence-electron chi connectivity index (χ2n) is 4.93. The third-order valence-corrected chi connectivity index (χ3v) is 3.76. The van der Waals surface area contributed by atoms with Crippen molar-refractivity contribution in [1.29, 1.82) is 0 Å². The first kappa shape index (κ1) is 12.1. The van der Waals surface area contributed by atoms with E-state index in [2.05, 4.69) is 24.4 Å². The molecule has 1 aromatic rings. The first-order valence-electron chi connectivity index (χ1n) is 6.21. The second kappa shape index (κ2) is 4.88. The molecule has 3 N–H and O–H groups in total. The minimum atomic E-state index is -0.175. The van der Waals surface area contributed by atoms with E-state index >= 15 is 0 Å². The summed E-state index contributed by atoms with van der Waals surface area (Å²) in [7, 11) is 0. The number of nitrogens with one attached hydrogen (secondary N) is 1. The van der Waals surface area contributed by atoms with Crippen LogP contribution < -0.4 is 11.1 Å².